The molecule has 0 radical (unpaired) electrons. The third-order valence-electron chi connectivity index (χ3n) is 5.67. The van der Waals surface area contributed by atoms with E-state index in [1.54, 1.807) is 0 Å². The summed E-state index contributed by atoms with van der Waals surface area (Å²) in [7, 11) is 1.93. The van der Waals surface area contributed by atoms with Crippen molar-refractivity contribution in [2.24, 2.45) is 0 Å². The van der Waals surface area contributed by atoms with Gasteiger partial charge in [-0.25, -0.2) is 0 Å². The molecule has 1 saturated heterocycles. The van der Waals surface area contributed by atoms with Gasteiger partial charge >= 0.3 is 0 Å². The van der Waals surface area contributed by atoms with Gasteiger partial charge in [0.25, 0.3) is 5.91 Å². The number of halogens is 1. The van der Waals surface area contributed by atoms with Gasteiger partial charge in [0.1, 0.15) is 0 Å². The van der Waals surface area contributed by atoms with Crippen LogP contribution in [-0.4, -0.2) is 54.7 Å². The van der Waals surface area contributed by atoms with Gasteiger partial charge in [-0.3, -0.25) is 9.59 Å². The average molecular weight is 426 g/mol. The highest BCUT2D eigenvalue weighted by Gasteiger charge is 2.23. The zero-order valence-electron chi connectivity index (χ0n) is 16.6. The van der Waals surface area contributed by atoms with E-state index in [9.17, 15) is 9.59 Å². The fourth-order valence-electron chi connectivity index (χ4n) is 3.92. The monoisotopic (exact) mass is 425 g/mol. The van der Waals surface area contributed by atoms with Gasteiger partial charge in [-0.15, -0.1) is 24.2 Å². The Balaban J connectivity index is 0.00000280. The maximum absolute atomic E-state index is 12.7. The molecule has 1 saturated carbocycles. The summed E-state index contributed by atoms with van der Waals surface area (Å²) < 4.78 is 0. The van der Waals surface area contributed by atoms with Crippen LogP contribution in [0.4, 0.5) is 0 Å². The summed E-state index contributed by atoms with van der Waals surface area (Å²) in [5.74, 6) is 0.503. The van der Waals surface area contributed by atoms with Crippen molar-refractivity contribution in [3.8, 4) is 0 Å². The van der Waals surface area contributed by atoms with Crippen LogP contribution in [-0.2, 0) is 4.79 Å². The molecule has 1 aliphatic carbocycles. The Labute approximate surface area is 178 Å². The van der Waals surface area contributed by atoms with E-state index in [1.165, 1.54) is 31.0 Å². The molecule has 0 unspecified atom stereocenters. The van der Waals surface area contributed by atoms with Gasteiger partial charge in [0.05, 0.1) is 11.3 Å². The predicted molar refractivity (Wildman–Crippen MR) is 117 cm³/mol. The van der Waals surface area contributed by atoms with Gasteiger partial charge in [0.15, 0.2) is 0 Å². The van der Waals surface area contributed by atoms with Crippen LogP contribution in [0, 0.1) is 0 Å². The molecule has 3 rings (SSSR count). The molecule has 7 heteroatoms. The minimum Gasteiger partial charge on any atom is -0.349 e. The third-order valence-corrected chi connectivity index (χ3v) is 6.73. The maximum Gasteiger partial charge on any atom is 0.252 e. The van der Waals surface area contributed by atoms with Crippen molar-refractivity contribution in [3.05, 3.63) is 29.8 Å². The zero-order valence-corrected chi connectivity index (χ0v) is 18.2. The minimum atomic E-state index is -0.0296. The van der Waals surface area contributed by atoms with E-state index in [2.05, 4.69) is 10.6 Å². The second-order valence-corrected chi connectivity index (χ2v) is 8.60. The summed E-state index contributed by atoms with van der Waals surface area (Å²) in [6.07, 6.45) is 7.87. The molecule has 28 heavy (non-hydrogen) atoms. The molecule has 1 aliphatic heterocycles. The lowest BCUT2D eigenvalue weighted by Gasteiger charge is -2.31. The van der Waals surface area contributed by atoms with Crippen LogP contribution in [0.1, 0.15) is 55.3 Å². The van der Waals surface area contributed by atoms with Crippen LogP contribution in [0.15, 0.2) is 29.2 Å². The summed E-state index contributed by atoms with van der Waals surface area (Å²) in [6, 6.07) is 8.22. The van der Waals surface area contributed by atoms with Crippen molar-refractivity contribution in [2.75, 3.05) is 25.9 Å². The zero-order chi connectivity index (χ0) is 19.1. The molecule has 2 amide bonds. The average Bonchev–Trinajstić information content (AvgIpc) is 2.73. The molecular weight excluding hydrogens is 394 g/mol. The number of thioether (sulfide) groups is 1. The van der Waals surface area contributed by atoms with Crippen molar-refractivity contribution in [1.29, 1.82) is 0 Å². The van der Waals surface area contributed by atoms with Crippen molar-refractivity contribution in [3.63, 3.8) is 0 Å². The molecule has 5 nitrogen and oxygen atoms in total. The summed E-state index contributed by atoms with van der Waals surface area (Å²) in [4.78, 5) is 28.1. The van der Waals surface area contributed by atoms with Crippen molar-refractivity contribution in [1.82, 2.24) is 15.5 Å². The summed E-state index contributed by atoms with van der Waals surface area (Å²) in [5, 5.41) is 6.46. The predicted octanol–water partition coefficient (Wildman–Crippen LogP) is 3.47. The Morgan fingerprint density at radius 1 is 1.11 bits per heavy atom. The topological polar surface area (TPSA) is 61.4 Å². The van der Waals surface area contributed by atoms with Gasteiger partial charge in [0.2, 0.25) is 5.91 Å². The Bertz CT molecular complexity index is 646. The Kier molecular flexibility index (Phi) is 9.62. The first-order valence-corrected chi connectivity index (χ1v) is 11.1. The molecule has 0 spiro atoms. The quantitative estimate of drug-likeness (QED) is 0.685. The third kappa shape index (κ3) is 6.39. The lowest BCUT2D eigenvalue weighted by molar-refractivity contribution is -0.129. The fourth-order valence-corrected chi connectivity index (χ4v) is 4.90. The van der Waals surface area contributed by atoms with Crippen LogP contribution in [0.2, 0.25) is 0 Å². The molecule has 1 aromatic carbocycles. The molecule has 2 fully saturated rings. The van der Waals surface area contributed by atoms with E-state index < -0.39 is 0 Å². The maximum atomic E-state index is 12.7. The highest BCUT2D eigenvalue weighted by Crippen LogP contribution is 2.26. The second kappa shape index (κ2) is 11.7. The van der Waals surface area contributed by atoms with E-state index in [-0.39, 0.29) is 30.3 Å². The highest BCUT2D eigenvalue weighted by atomic mass is 35.5. The number of nitrogens with one attached hydrogen (secondary N) is 2. The number of amides is 2. The van der Waals surface area contributed by atoms with E-state index in [1.807, 2.05) is 36.2 Å². The lowest BCUT2D eigenvalue weighted by atomic mass is 9.94. The second-order valence-electron chi connectivity index (χ2n) is 7.58. The van der Waals surface area contributed by atoms with Gasteiger partial charge in [-0.1, -0.05) is 31.4 Å². The van der Waals surface area contributed by atoms with Crippen LogP contribution in [0.25, 0.3) is 0 Å². The van der Waals surface area contributed by atoms with Gasteiger partial charge in [-0.05, 0) is 50.9 Å². The summed E-state index contributed by atoms with van der Waals surface area (Å²) in [5.41, 5.74) is 0.675. The number of carbonyl (C=O) groups is 2. The van der Waals surface area contributed by atoms with Gasteiger partial charge in [-0.2, -0.15) is 0 Å². The van der Waals surface area contributed by atoms with E-state index in [4.69, 9.17) is 0 Å². The number of hydrogen-bond donors (Lipinski definition) is 2. The Morgan fingerprint density at radius 2 is 1.79 bits per heavy atom. The van der Waals surface area contributed by atoms with E-state index >= 15 is 0 Å². The highest BCUT2D eigenvalue weighted by molar-refractivity contribution is 8.00. The van der Waals surface area contributed by atoms with E-state index in [0.29, 0.717) is 17.4 Å². The van der Waals surface area contributed by atoms with Crippen molar-refractivity contribution in [2.45, 2.75) is 61.9 Å². The first-order valence-electron chi connectivity index (χ1n) is 10.1. The number of benzene rings is 1. The van der Waals surface area contributed by atoms with Crippen molar-refractivity contribution < 1.29 is 9.59 Å². The number of carbonyl (C=O) groups excluding carboxylic acids is 2. The molecular formula is C21H32ClN3O2S. The van der Waals surface area contributed by atoms with Crippen molar-refractivity contribution >= 4 is 36.0 Å². The first kappa shape index (κ1) is 23.0. The molecule has 0 atom stereocenters. The number of rotatable bonds is 6. The molecule has 1 aromatic rings. The molecule has 2 aliphatic rings. The standard InChI is InChI=1S/C21H31N3O2S.ClH/c1-24(17-7-3-2-4-8-17)20(25)15-27-19-10-6-5-9-18(19)21(26)23-16-11-13-22-14-12-16;/h5-6,9-10,16-17,22H,2-4,7-8,11-15H2,1H3,(H,23,26);1H. The smallest absolute Gasteiger partial charge is 0.252 e. The van der Waals surface area contributed by atoms with Gasteiger partial charge < -0.3 is 15.5 Å². The molecule has 1 heterocycles. The molecule has 2 N–H and O–H groups in total. The van der Waals surface area contributed by atoms with Crippen LogP contribution in [0.5, 0.6) is 0 Å². The summed E-state index contributed by atoms with van der Waals surface area (Å²) in [6.45, 7) is 1.90. The first-order chi connectivity index (χ1) is 13.1. The SMILES string of the molecule is CN(C(=O)CSc1ccccc1C(=O)NC1CCNCC1)C1CCCCC1.Cl. The summed E-state index contributed by atoms with van der Waals surface area (Å²) >= 11 is 1.47. The number of piperidine rings is 1. The molecule has 0 bridgehead atoms. The Morgan fingerprint density at radius 3 is 2.50 bits per heavy atom. The largest absolute Gasteiger partial charge is 0.349 e. The Hall–Kier alpha value is -1.24. The molecule has 0 aromatic heterocycles. The van der Waals surface area contributed by atoms with Gasteiger partial charge in [0, 0.05) is 24.0 Å². The van der Waals surface area contributed by atoms with Crippen LogP contribution in [0.3, 0.4) is 0 Å². The fraction of sp³-hybridized carbons (Fsp3) is 0.619. The van der Waals surface area contributed by atoms with Crippen LogP contribution >= 0.6 is 24.2 Å². The lowest BCUT2D eigenvalue weighted by Crippen LogP contribution is -2.42. The number of nitrogens with zero attached hydrogens (tertiary/aromatic N) is 1. The van der Waals surface area contributed by atoms with Crippen LogP contribution < -0.4 is 10.6 Å². The van der Waals surface area contributed by atoms with E-state index in [0.717, 1.165) is 43.7 Å². The number of hydrogen-bond acceptors (Lipinski definition) is 4. The minimum absolute atomic E-state index is 0. The molecule has 156 valence electrons. The normalized spacial score (nSPS) is 18.2.